The van der Waals surface area contributed by atoms with Crippen LogP contribution >= 0.6 is 11.8 Å². The van der Waals surface area contributed by atoms with Gasteiger partial charge in [0.15, 0.2) is 17.7 Å². The average molecular weight is 334 g/mol. The molecule has 1 heterocycles. The summed E-state index contributed by atoms with van der Waals surface area (Å²) in [6.07, 6.45) is 1.40. The third kappa shape index (κ3) is 5.37. The number of rotatable bonds is 8. The van der Waals surface area contributed by atoms with Crippen molar-refractivity contribution in [3.8, 4) is 11.5 Å². The number of carbonyl (C=O) groups excluding carboxylic acids is 1. The van der Waals surface area contributed by atoms with E-state index in [1.165, 1.54) is 18.0 Å². The van der Waals surface area contributed by atoms with E-state index in [2.05, 4.69) is 5.32 Å². The largest absolute Gasteiger partial charge is 0.618 e. The SMILES string of the molecule is COc1ccccc1OCCNC(=O)CSc1cccc[n+]1[O-]. The van der Waals surface area contributed by atoms with Gasteiger partial charge in [-0.25, -0.2) is 0 Å². The Labute approximate surface area is 139 Å². The number of nitrogens with zero attached hydrogens (tertiary/aromatic N) is 1. The second kappa shape index (κ2) is 8.89. The molecule has 122 valence electrons. The molecule has 0 radical (unpaired) electrons. The maximum Gasteiger partial charge on any atom is 0.251 e. The third-order valence-electron chi connectivity index (χ3n) is 2.89. The Kier molecular flexibility index (Phi) is 6.56. The van der Waals surface area contributed by atoms with E-state index in [0.717, 1.165) is 4.73 Å². The highest BCUT2D eigenvalue weighted by Gasteiger charge is 2.08. The number of thioether (sulfide) groups is 1. The fourth-order valence-corrected chi connectivity index (χ4v) is 2.55. The van der Waals surface area contributed by atoms with Crippen LogP contribution in [0.3, 0.4) is 0 Å². The quantitative estimate of drug-likeness (QED) is 0.344. The molecule has 0 saturated carbocycles. The minimum atomic E-state index is -0.150. The molecular formula is C16H18N2O4S. The molecule has 1 amide bonds. The molecule has 0 saturated heterocycles. The van der Waals surface area contributed by atoms with Gasteiger partial charge in [0.1, 0.15) is 6.61 Å². The molecule has 2 aromatic rings. The fourth-order valence-electron chi connectivity index (χ4n) is 1.80. The van der Waals surface area contributed by atoms with Gasteiger partial charge in [0.2, 0.25) is 5.91 Å². The molecule has 0 aliphatic rings. The molecule has 0 spiro atoms. The van der Waals surface area contributed by atoms with Gasteiger partial charge in [0.25, 0.3) is 5.03 Å². The van der Waals surface area contributed by atoms with Gasteiger partial charge in [-0.15, -0.1) is 0 Å². The molecule has 7 heteroatoms. The van der Waals surface area contributed by atoms with Crippen molar-refractivity contribution in [2.75, 3.05) is 26.0 Å². The summed E-state index contributed by atoms with van der Waals surface area (Å²) < 4.78 is 11.5. The van der Waals surface area contributed by atoms with Crippen LogP contribution < -0.4 is 19.5 Å². The first-order chi connectivity index (χ1) is 11.2. The molecule has 0 aliphatic heterocycles. The van der Waals surface area contributed by atoms with E-state index < -0.39 is 0 Å². The van der Waals surface area contributed by atoms with Crippen LogP contribution in [-0.2, 0) is 4.79 Å². The topological polar surface area (TPSA) is 74.5 Å². The first kappa shape index (κ1) is 17.0. The lowest BCUT2D eigenvalue weighted by atomic mass is 10.3. The van der Waals surface area contributed by atoms with E-state index in [-0.39, 0.29) is 11.7 Å². The van der Waals surface area contributed by atoms with E-state index in [9.17, 15) is 10.0 Å². The van der Waals surface area contributed by atoms with Crippen LogP contribution in [0.25, 0.3) is 0 Å². The Balaban J connectivity index is 1.68. The van der Waals surface area contributed by atoms with Gasteiger partial charge in [0, 0.05) is 12.1 Å². The number of benzene rings is 1. The Hall–Kier alpha value is -2.41. The van der Waals surface area contributed by atoms with Gasteiger partial charge in [0.05, 0.1) is 19.4 Å². The zero-order chi connectivity index (χ0) is 16.5. The summed E-state index contributed by atoms with van der Waals surface area (Å²) in [6, 6.07) is 12.4. The van der Waals surface area contributed by atoms with Crippen molar-refractivity contribution in [2.24, 2.45) is 0 Å². The minimum absolute atomic E-state index is 0.150. The van der Waals surface area contributed by atoms with Gasteiger partial charge in [-0.1, -0.05) is 12.1 Å². The Morgan fingerprint density at radius 2 is 1.96 bits per heavy atom. The molecule has 1 aromatic heterocycles. The maximum atomic E-state index is 11.7. The highest BCUT2D eigenvalue weighted by molar-refractivity contribution is 7.99. The maximum absolute atomic E-state index is 11.7. The van der Waals surface area contributed by atoms with Crippen molar-refractivity contribution >= 4 is 17.7 Å². The van der Waals surface area contributed by atoms with E-state index in [1.807, 2.05) is 18.2 Å². The van der Waals surface area contributed by atoms with Crippen molar-refractivity contribution in [1.29, 1.82) is 0 Å². The molecule has 0 atom stereocenters. The summed E-state index contributed by atoms with van der Waals surface area (Å²) in [7, 11) is 1.58. The highest BCUT2D eigenvalue weighted by atomic mass is 32.2. The number of para-hydroxylation sites is 2. The summed E-state index contributed by atoms with van der Waals surface area (Å²) in [5.41, 5.74) is 0. The van der Waals surface area contributed by atoms with Crippen LogP contribution in [0.4, 0.5) is 0 Å². The lowest BCUT2D eigenvalue weighted by Gasteiger charge is -2.10. The third-order valence-corrected chi connectivity index (χ3v) is 3.91. The van der Waals surface area contributed by atoms with Crippen LogP contribution in [0.2, 0.25) is 0 Å². The van der Waals surface area contributed by atoms with Gasteiger partial charge in [-0.05, 0) is 30.0 Å². The van der Waals surface area contributed by atoms with E-state index in [1.54, 1.807) is 31.4 Å². The molecule has 0 aliphatic carbocycles. The normalized spacial score (nSPS) is 10.1. The minimum Gasteiger partial charge on any atom is -0.618 e. The van der Waals surface area contributed by atoms with Gasteiger partial charge in [-0.3, -0.25) is 4.79 Å². The number of hydrogen-bond acceptors (Lipinski definition) is 5. The number of nitrogens with one attached hydrogen (secondary N) is 1. The molecule has 0 bridgehead atoms. The molecule has 6 nitrogen and oxygen atoms in total. The van der Waals surface area contributed by atoms with Crippen LogP contribution in [0.5, 0.6) is 11.5 Å². The molecule has 1 aromatic carbocycles. The first-order valence-electron chi connectivity index (χ1n) is 7.04. The average Bonchev–Trinajstić information content (AvgIpc) is 2.58. The van der Waals surface area contributed by atoms with E-state index in [0.29, 0.717) is 29.7 Å². The molecule has 2 rings (SSSR count). The number of hydrogen-bond donors (Lipinski definition) is 1. The summed E-state index contributed by atoms with van der Waals surface area (Å²) in [5.74, 6) is 1.32. The Morgan fingerprint density at radius 1 is 1.22 bits per heavy atom. The lowest BCUT2D eigenvalue weighted by molar-refractivity contribution is -0.645. The molecule has 1 N–H and O–H groups in total. The van der Waals surface area contributed by atoms with Crippen LogP contribution in [0, 0.1) is 5.21 Å². The van der Waals surface area contributed by atoms with Gasteiger partial charge < -0.3 is 20.0 Å². The summed E-state index contributed by atoms with van der Waals surface area (Å²) in [5, 5.41) is 14.7. The zero-order valence-electron chi connectivity index (χ0n) is 12.7. The number of ether oxygens (including phenoxy) is 2. The first-order valence-corrected chi connectivity index (χ1v) is 8.03. The summed E-state index contributed by atoms with van der Waals surface area (Å²) in [4.78, 5) is 11.7. The molecular weight excluding hydrogens is 316 g/mol. The monoisotopic (exact) mass is 334 g/mol. The van der Waals surface area contributed by atoms with E-state index in [4.69, 9.17) is 9.47 Å². The van der Waals surface area contributed by atoms with Crippen molar-refractivity contribution in [3.63, 3.8) is 0 Å². The second-order valence-electron chi connectivity index (χ2n) is 4.50. The van der Waals surface area contributed by atoms with Crippen molar-refractivity contribution < 1.29 is 19.0 Å². The van der Waals surface area contributed by atoms with Crippen LogP contribution in [0.1, 0.15) is 0 Å². The van der Waals surface area contributed by atoms with Gasteiger partial charge >= 0.3 is 0 Å². The number of pyridine rings is 1. The molecule has 0 unspecified atom stereocenters. The van der Waals surface area contributed by atoms with Crippen LogP contribution in [0.15, 0.2) is 53.7 Å². The standard InChI is InChI=1S/C16H18N2O4S/c1-21-13-6-2-3-7-14(13)22-11-9-17-15(19)12-23-16-8-4-5-10-18(16)20/h2-8,10H,9,11-12H2,1H3,(H,17,19). The smallest absolute Gasteiger partial charge is 0.251 e. The zero-order valence-corrected chi connectivity index (χ0v) is 13.5. The predicted octanol–water partition coefficient (Wildman–Crippen LogP) is 1.62. The highest BCUT2D eigenvalue weighted by Crippen LogP contribution is 2.25. The van der Waals surface area contributed by atoms with Crippen molar-refractivity contribution in [3.05, 3.63) is 53.9 Å². The molecule has 23 heavy (non-hydrogen) atoms. The number of amides is 1. The molecule has 0 fully saturated rings. The number of aromatic nitrogens is 1. The van der Waals surface area contributed by atoms with Gasteiger partial charge in [-0.2, -0.15) is 4.73 Å². The second-order valence-corrected chi connectivity index (χ2v) is 5.50. The summed E-state index contributed by atoms with van der Waals surface area (Å²) >= 11 is 1.19. The van der Waals surface area contributed by atoms with Crippen molar-refractivity contribution in [1.82, 2.24) is 5.32 Å². The summed E-state index contributed by atoms with van der Waals surface area (Å²) in [6.45, 7) is 0.716. The Bertz CT molecular complexity index is 651. The number of carbonyl (C=O) groups is 1. The number of methoxy groups -OCH3 is 1. The Morgan fingerprint density at radius 3 is 2.70 bits per heavy atom. The van der Waals surface area contributed by atoms with Crippen molar-refractivity contribution in [2.45, 2.75) is 5.03 Å². The predicted molar refractivity (Wildman–Crippen MR) is 87.6 cm³/mol. The van der Waals surface area contributed by atoms with E-state index >= 15 is 0 Å². The fraction of sp³-hybridized carbons (Fsp3) is 0.250. The lowest BCUT2D eigenvalue weighted by Crippen LogP contribution is -2.31. The van der Waals surface area contributed by atoms with Crippen LogP contribution in [-0.4, -0.2) is 31.9 Å².